The van der Waals surface area contributed by atoms with Gasteiger partial charge in [-0.05, 0) is 17.4 Å². The van der Waals surface area contributed by atoms with Gasteiger partial charge in [0.05, 0.1) is 6.42 Å². The number of esters is 1. The zero-order valence-electron chi connectivity index (χ0n) is 16.3. The van der Waals surface area contributed by atoms with Crippen molar-refractivity contribution in [2.24, 2.45) is 11.8 Å². The number of ether oxygens (including phenoxy) is 1. The monoisotopic (exact) mass is 373 g/mol. The molecule has 0 aliphatic carbocycles. The number of aromatic nitrogens is 2. The molecule has 0 spiro atoms. The van der Waals surface area contributed by atoms with Gasteiger partial charge in [0.25, 0.3) is 5.89 Å². The van der Waals surface area contributed by atoms with E-state index in [-0.39, 0.29) is 30.7 Å². The van der Waals surface area contributed by atoms with Crippen LogP contribution in [0.15, 0.2) is 34.9 Å². The lowest BCUT2D eigenvalue weighted by Gasteiger charge is -2.20. The average Bonchev–Trinajstić information content (AvgIpc) is 3.05. The highest BCUT2D eigenvalue weighted by Gasteiger charge is 2.26. The Morgan fingerprint density at radius 1 is 1.15 bits per heavy atom. The normalized spacial score (nSPS) is 12.2. The van der Waals surface area contributed by atoms with Gasteiger partial charge in [0, 0.05) is 6.42 Å². The van der Waals surface area contributed by atoms with Crippen molar-refractivity contribution < 1.29 is 18.8 Å². The number of hydrogen-bond acceptors (Lipinski definition) is 6. The van der Waals surface area contributed by atoms with Crippen molar-refractivity contribution in [3.63, 3.8) is 0 Å². The molecule has 0 saturated heterocycles. The van der Waals surface area contributed by atoms with Crippen LogP contribution in [0.25, 0.3) is 0 Å². The van der Waals surface area contributed by atoms with Crippen molar-refractivity contribution in [3.8, 4) is 0 Å². The first-order valence-electron chi connectivity index (χ1n) is 9.16. The number of amides is 1. The predicted molar refractivity (Wildman–Crippen MR) is 99.6 cm³/mol. The molecule has 1 atom stereocenters. The summed E-state index contributed by atoms with van der Waals surface area (Å²) in [6, 6.07) is 8.63. The molecule has 2 rings (SSSR count). The molecule has 1 heterocycles. The van der Waals surface area contributed by atoms with E-state index in [4.69, 9.17) is 9.26 Å². The van der Waals surface area contributed by atoms with Crippen LogP contribution in [0.4, 0.5) is 0 Å². The third-order valence-corrected chi connectivity index (χ3v) is 3.88. The van der Waals surface area contributed by atoms with Gasteiger partial charge in [-0.3, -0.25) is 4.79 Å². The van der Waals surface area contributed by atoms with Crippen LogP contribution in [-0.4, -0.2) is 28.1 Å². The summed E-state index contributed by atoms with van der Waals surface area (Å²) in [6.45, 7) is 7.70. The summed E-state index contributed by atoms with van der Waals surface area (Å²) in [5.74, 6) is 0.383. The number of benzene rings is 1. The van der Waals surface area contributed by atoms with Crippen molar-refractivity contribution in [2.75, 3.05) is 0 Å². The van der Waals surface area contributed by atoms with Crippen LogP contribution >= 0.6 is 0 Å². The van der Waals surface area contributed by atoms with E-state index in [0.717, 1.165) is 5.56 Å². The maximum absolute atomic E-state index is 12.4. The molecule has 0 fully saturated rings. The van der Waals surface area contributed by atoms with E-state index in [1.165, 1.54) is 0 Å². The molecule has 1 N–H and O–H groups in total. The molecule has 7 heteroatoms. The Kier molecular flexibility index (Phi) is 7.52. The smallest absolute Gasteiger partial charge is 0.329 e. The van der Waals surface area contributed by atoms with Gasteiger partial charge in [-0.15, -0.1) is 0 Å². The van der Waals surface area contributed by atoms with Gasteiger partial charge >= 0.3 is 5.97 Å². The quantitative estimate of drug-likeness (QED) is 0.679. The average molecular weight is 373 g/mol. The summed E-state index contributed by atoms with van der Waals surface area (Å²) in [4.78, 5) is 28.9. The van der Waals surface area contributed by atoms with E-state index in [9.17, 15) is 9.59 Å². The van der Waals surface area contributed by atoms with Crippen molar-refractivity contribution in [3.05, 3.63) is 47.6 Å². The summed E-state index contributed by atoms with van der Waals surface area (Å²) in [7, 11) is 0. The fourth-order valence-corrected chi connectivity index (χ4v) is 2.52. The molecule has 1 amide bonds. The van der Waals surface area contributed by atoms with E-state index in [2.05, 4.69) is 29.3 Å². The van der Waals surface area contributed by atoms with Gasteiger partial charge in [-0.1, -0.05) is 63.2 Å². The van der Waals surface area contributed by atoms with E-state index >= 15 is 0 Å². The van der Waals surface area contributed by atoms with Gasteiger partial charge in [0.1, 0.15) is 6.04 Å². The number of nitrogens with zero attached hydrogens (tertiary/aromatic N) is 2. The lowest BCUT2D eigenvalue weighted by atomic mass is 10.0. The van der Waals surface area contributed by atoms with Gasteiger partial charge in [0.2, 0.25) is 5.91 Å². The topological polar surface area (TPSA) is 94.3 Å². The highest BCUT2D eigenvalue weighted by atomic mass is 16.6. The largest absolute Gasteiger partial charge is 0.454 e. The maximum Gasteiger partial charge on any atom is 0.329 e. The Bertz CT molecular complexity index is 741. The van der Waals surface area contributed by atoms with Crippen LogP contribution in [0.3, 0.4) is 0 Å². The minimum absolute atomic E-state index is 0.109. The number of carbonyl (C=O) groups is 2. The van der Waals surface area contributed by atoms with Crippen LogP contribution in [-0.2, 0) is 33.8 Å². The summed E-state index contributed by atoms with van der Waals surface area (Å²) in [5, 5.41) is 6.61. The standard InChI is InChI=1S/C20H27N3O4/c1-13(2)10-16-21-18(27-23-16)12-26-20(25)19(14(3)4)22-17(24)11-15-8-6-5-7-9-15/h5-9,13-14,19H,10-12H2,1-4H3,(H,22,24)/t19-/m0/s1. The van der Waals surface area contributed by atoms with Crippen molar-refractivity contribution in [1.29, 1.82) is 0 Å². The molecule has 0 aliphatic heterocycles. The lowest BCUT2D eigenvalue weighted by molar-refractivity contribution is -0.151. The van der Waals surface area contributed by atoms with Crippen LogP contribution in [0.2, 0.25) is 0 Å². The molecule has 2 aromatic rings. The molecule has 0 bridgehead atoms. The summed E-state index contributed by atoms with van der Waals surface area (Å²) >= 11 is 0. The number of nitrogens with one attached hydrogen (secondary N) is 1. The minimum atomic E-state index is -0.737. The minimum Gasteiger partial charge on any atom is -0.454 e. The first-order chi connectivity index (χ1) is 12.8. The third kappa shape index (κ3) is 6.84. The molecule has 0 aliphatic rings. The van der Waals surface area contributed by atoms with Crippen molar-refractivity contribution >= 4 is 11.9 Å². The molecule has 1 aromatic heterocycles. The Labute approximate surface area is 159 Å². The fourth-order valence-electron chi connectivity index (χ4n) is 2.52. The van der Waals surface area contributed by atoms with Crippen LogP contribution < -0.4 is 5.32 Å². The molecule has 1 aromatic carbocycles. The van der Waals surface area contributed by atoms with E-state index in [1.807, 2.05) is 44.2 Å². The highest BCUT2D eigenvalue weighted by Crippen LogP contribution is 2.09. The van der Waals surface area contributed by atoms with E-state index in [0.29, 0.717) is 18.2 Å². The summed E-state index contributed by atoms with van der Waals surface area (Å²) in [5.41, 5.74) is 0.884. The van der Waals surface area contributed by atoms with E-state index in [1.54, 1.807) is 0 Å². The second-order valence-corrected chi connectivity index (χ2v) is 7.26. The van der Waals surface area contributed by atoms with Crippen LogP contribution in [0.5, 0.6) is 0 Å². The Morgan fingerprint density at radius 2 is 1.85 bits per heavy atom. The molecular weight excluding hydrogens is 346 g/mol. The third-order valence-electron chi connectivity index (χ3n) is 3.88. The Balaban J connectivity index is 1.88. The molecule has 146 valence electrons. The zero-order chi connectivity index (χ0) is 19.8. The Morgan fingerprint density at radius 3 is 2.48 bits per heavy atom. The van der Waals surface area contributed by atoms with Gasteiger partial charge in [-0.2, -0.15) is 4.98 Å². The first-order valence-corrected chi connectivity index (χ1v) is 9.16. The molecule has 0 unspecified atom stereocenters. The zero-order valence-corrected chi connectivity index (χ0v) is 16.3. The first kappa shape index (κ1) is 20.6. The molecule has 0 saturated carbocycles. The van der Waals surface area contributed by atoms with Crippen LogP contribution in [0.1, 0.15) is 45.0 Å². The molecule has 0 radical (unpaired) electrons. The summed E-state index contributed by atoms with van der Waals surface area (Å²) in [6.07, 6.45) is 0.904. The molecule has 27 heavy (non-hydrogen) atoms. The van der Waals surface area contributed by atoms with Gasteiger partial charge < -0.3 is 14.6 Å². The molecule has 7 nitrogen and oxygen atoms in total. The number of hydrogen-bond donors (Lipinski definition) is 1. The number of rotatable bonds is 9. The van der Waals surface area contributed by atoms with Gasteiger partial charge in [0.15, 0.2) is 12.4 Å². The predicted octanol–water partition coefficient (Wildman–Crippen LogP) is 2.69. The Hall–Kier alpha value is -2.70. The maximum atomic E-state index is 12.4. The molecular formula is C20H27N3O4. The van der Waals surface area contributed by atoms with Crippen molar-refractivity contribution in [2.45, 2.75) is 53.2 Å². The van der Waals surface area contributed by atoms with E-state index < -0.39 is 12.0 Å². The highest BCUT2D eigenvalue weighted by molar-refractivity contribution is 5.85. The SMILES string of the molecule is CC(C)Cc1noc(COC(=O)[C@@H](NC(=O)Cc2ccccc2)C(C)C)n1. The lowest BCUT2D eigenvalue weighted by Crippen LogP contribution is -2.45. The van der Waals surface area contributed by atoms with Gasteiger partial charge in [-0.25, -0.2) is 4.79 Å². The second-order valence-electron chi connectivity index (χ2n) is 7.26. The van der Waals surface area contributed by atoms with Crippen LogP contribution in [0, 0.1) is 11.8 Å². The number of carbonyl (C=O) groups excluding carboxylic acids is 2. The van der Waals surface area contributed by atoms with Crippen molar-refractivity contribution in [1.82, 2.24) is 15.5 Å². The fraction of sp³-hybridized carbons (Fsp3) is 0.500. The second kappa shape index (κ2) is 9.85. The summed E-state index contributed by atoms with van der Waals surface area (Å²) < 4.78 is 10.4.